The third kappa shape index (κ3) is 1.05. The molecule has 2 heteroatoms. The highest BCUT2D eigenvalue weighted by Gasteiger charge is 2.51. The average molecular weight is 145 g/mol. The Bertz CT molecular complexity index is 131. The lowest BCUT2D eigenvalue weighted by Crippen LogP contribution is -2.55. The Morgan fingerprint density at radius 2 is 1.80 bits per heavy atom. The number of halogens is 1. The van der Waals surface area contributed by atoms with Gasteiger partial charge in [0.25, 0.3) is 0 Å². The molecule has 0 radical (unpaired) electrons. The summed E-state index contributed by atoms with van der Waals surface area (Å²) in [7, 11) is 0. The predicted octanol–water partition coefficient (Wildman–Crippen LogP) is 1.86. The topological polar surface area (TPSA) is 26.0 Å². The zero-order valence-electron chi connectivity index (χ0n) is 6.95. The second kappa shape index (κ2) is 1.94. The molecule has 60 valence electrons. The van der Waals surface area contributed by atoms with E-state index in [1.54, 1.807) is 0 Å². The molecule has 0 saturated heterocycles. The molecule has 1 aliphatic rings. The summed E-state index contributed by atoms with van der Waals surface area (Å²) in [6, 6.07) is 0.101. The Morgan fingerprint density at radius 3 is 1.90 bits per heavy atom. The van der Waals surface area contributed by atoms with Crippen LogP contribution in [-0.4, -0.2) is 11.7 Å². The van der Waals surface area contributed by atoms with Crippen LogP contribution in [0.25, 0.3) is 0 Å². The molecule has 1 rings (SSSR count). The van der Waals surface area contributed by atoms with E-state index in [0.29, 0.717) is 12.8 Å². The smallest absolute Gasteiger partial charge is 0.118 e. The molecule has 0 unspecified atom stereocenters. The minimum atomic E-state index is -0.994. The molecule has 0 aliphatic heterocycles. The molecule has 0 bridgehead atoms. The van der Waals surface area contributed by atoms with E-state index in [1.807, 2.05) is 20.8 Å². The van der Waals surface area contributed by atoms with E-state index in [-0.39, 0.29) is 11.5 Å². The van der Waals surface area contributed by atoms with Crippen molar-refractivity contribution in [1.29, 1.82) is 0 Å². The number of rotatable bonds is 0. The van der Waals surface area contributed by atoms with Crippen molar-refractivity contribution < 1.29 is 4.39 Å². The molecule has 0 atom stereocenters. The standard InChI is InChI=1S/C8H16FN/c1-7(2,3)8(9)4-6(10)5-8/h6H,4-5,10H2,1-3H3. The van der Waals surface area contributed by atoms with Gasteiger partial charge in [0.2, 0.25) is 0 Å². The Morgan fingerprint density at radius 1 is 1.40 bits per heavy atom. The van der Waals surface area contributed by atoms with Crippen LogP contribution in [0.15, 0.2) is 0 Å². The van der Waals surface area contributed by atoms with Crippen molar-refractivity contribution in [2.45, 2.75) is 45.3 Å². The number of hydrogen-bond donors (Lipinski definition) is 1. The number of alkyl halides is 1. The molecule has 1 saturated carbocycles. The maximum absolute atomic E-state index is 13.6. The van der Waals surface area contributed by atoms with Crippen LogP contribution in [0.3, 0.4) is 0 Å². The normalized spacial score (nSPS) is 41.1. The van der Waals surface area contributed by atoms with Crippen molar-refractivity contribution in [1.82, 2.24) is 0 Å². The summed E-state index contributed by atoms with van der Waals surface area (Å²) in [6.45, 7) is 5.79. The SMILES string of the molecule is CC(C)(C)C1(F)CC(N)C1. The number of nitrogens with two attached hydrogens (primary N) is 1. The lowest BCUT2D eigenvalue weighted by Gasteiger charge is -2.48. The third-order valence-corrected chi connectivity index (χ3v) is 2.52. The van der Waals surface area contributed by atoms with Gasteiger partial charge >= 0.3 is 0 Å². The van der Waals surface area contributed by atoms with Crippen molar-refractivity contribution in [3.05, 3.63) is 0 Å². The minimum absolute atomic E-state index is 0.101. The van der Waals surface area contributed by atoms with Crippen molar-refractivity contribution in [3.8, 4) is 0 Å². The minimum Gasteiger partial charge on any atom is -0.327 e. The maximum atomic E-state index is 13.6. The van der Waals surface area contributed by atoms with Crippen LogP contribution < -0.4 is 5.73 Å². The van der Waals surface area contributed by atoms with Gasteiger partial charge in [0.05, 0.1) is 0 Å². The molecule has 10 heavy (non-hydrogen) atoms. The highest BCUT2D eigenvalue weighted by atomic mass is 19.1. The first-order chi connectivity index (χ1) is 4.35. The summed E-state index contributed by atoms with van der Waals surface area (Å²) >= 11 is 0. The molecule has 0 aromatic rings. The van der Waals surface area contributed by atoms with Crippen LogP contribution in [0.2, 0.25) is 0 Å². The summed E-state index contributed by atoms with van der Waals surface area (Å²) in [5.74, 6) is 0. The Kier molecular flexibility index (Phi) is 1.55. The molecule has 1 fully saturated rings. The van der Waals surface area contributed by atoms with Gasteiger partial charge in [0, 0.05) is 6.04 Å². The lowest BCUT2D eigenvalue weighted by molar-refractivity contribution is -0.0549. The largest absolute Gasteiger partial charge is 0.327 e. The Balaban J connectivity index is 2.57. The molecule has 0 heterocycles. The summed E-state index contributed by atoms with van der Waals surface area (Å²) in [4.78, 5) is 0. The fourth-order valence-corrected chi connectivity index (χ4v) is 1.38. The zero-order chi connectivity index (χ0) is 7.99. The van der Waals surface area contributed by atoms with Gasteiger partial charge in [-0.25, -0.2) is 4.39 Å². The van der Waals surface area contributed by atoms with Crippen molar-refractivity contribution in [2.24, 2.45) is 11.1 Å². The first-order valence-corrected chi connectivity index (χ1v) is 3.80. The molecule has 1 aliphatic carbocycles. The summed E-state index contributed by atoms with van der Waals surface area (Å²) in [5, 5.41) is 0. The van der Waals surface area contributed by atoms with Gasteiger partial charge in [-0.15, -0.1) is 0 Å². The van der Waals surface area contributed by atoms with Gasteiger partial charge in [0.1, 0.15) is 5.67 Å². The molecule has 0 aromatic carbocycles. The fourth-order valence-electron chi connectivity index (χ4n) is 1.38. The van der Waals surface area contributed by atoms with E-state index in [1.165, 1.54) is 0 Å². The van der Waals surface area contributed by atoms with E-state index in [2.05, 4.69) is 0 Å². The van der Waals surface area contributed by atoms with Crippen LogP contribution in [0, 0.1) is 5.41 Å². The summed E-state index contributed by atoms with van der Waals surface area (Å²) in [5.41, 5.74) is 4.28. The van der Waals surface area contributed by atoms with Gasteiger partial charge in [-0.3, -0.25) is 0 Å². The quantitative estimate of drug-likeness (QED) is 0.553. The second-order valence-corrected chi connectivity index (χ2v) is 4.38. The van der Waals surface area contributed by atoms with Crippen LogP contribution in [0.5, 0.6) is 0 Å². The first-order valence-electron chi connectivity index (χ1n) is 3.80. The molecule has 2 N–H and O–H groups in total. The van der Waals surface area contributed by atoms with E-state index < -0.39 is 5.67 Å². The van der Waals surface area contributed by atoms with Crippen LogP contribution in [0.1, 0.15) is 33.6 Å². The highest BCUT2D eigenvalue weighted by Crippen LogP contribution is 2.48. The molecule has 1 nitrogen and oxygen atoms in total. The van der Waals surface area contributed by atoms with Crippen LogP contribution in [0.4, 0.5) is 4.39 Å². The molecule has 0 aromatic heterocycles. The molecule has 0 spiro atoms. The third-order valence-electron chi connectivity index (χ3n) is 2.52. The fraction of sp³-hybridized carbons (Fsp3) is 1.00. The maximum Gasteiger partial charge on any atom is 0.118 e. The van der Waals surface area contributed by atoms with E-state index in [0.717, 1.165) is 0 Å². The molecular formula is C8H16FN. The lowest BCUT2D eigenvalue weighted by atomic mass is 9.63. The van der Waals surface area contributed by atoms with Crippen molar-refractivity contribution in [3.63, 3.8) is 0 Å². The average Bonchev–Trinajstić information content (AvgIpc) is 1.58. The van der Waals surface area contributed by atoms with E-state index >= 15 is 0 Å². The number of hydrogen-bond acceptors (Lipinski definition) is 1. The van der Waals surface area contributed by atoms with Crippen molar-refractivity contribution >= 4 is 0 Å². The van der Waals surface area contributed by atoms with Gasteiger partial charge in [-0.1, -0.05) is 20.8 Å². The molecule has 0 amide bonds. The Labute approximate surface area is 61.8 Å². The van der Waals surface area contributed by atoms with E-state index in [4.69, 9.17) is 5.73 Å². The van der Waals surface area contributed by atoms with Crippen molar-refractivity contribution in [2.75, 3.05) is 0 Å². The van der Waals surface area contributed by atoms with E-state index in [9.17, 15) is 4.39 Å². The molecular weight excluding hydrogens is 129 g/mol. The van der Waals surface area contributed by atoms with Gasteiger partial charge < -0.3 is 5.73 Å². The van der Waals surface area contributed by atoms with Gasteiger partial charge in [-0.2, -0.15) is 0 Å². The van der Waals surface area contributed by atoms with Gasteiger partial charge in [-0.05, 0) is 18.3 Å². The highest BCUT2D eigenvalue weighted by molar-refractivity contribution is 5.04. The Hall–Kier alpha value is -0.110. The first kappa shape index (κ1) is 7.99. The monoisotopic (exact) mass is 145 g/mol. The zero-order valence-corrected chi connectivity index (χ0v) is 6.95. The summed E-state index contributed by atoms with van der Waals surface area (Å²) < 4.78 is 13.6. The van der Waals surface area contributed by atoms with Gasteiger partial charge in [0.15, 0.2) is 0 Å². The second-order valence-electron chi connectivity index (χ2n) is 4.38. The summed E-state index contributed by atoms with van der Waals surface area (Å²) in [6.07, 6.45) is 1.08. The van der Waals surface area contributed by atoms with Crippen LogP contribution >= 0.6 is 0 Å². The predicted molar refractivity (Wildman–Crippen MR) is 40.5 cm³/mol. The van der Waals surface area contributed by atoms with Crippen LogP contribution in [-0.2, 0) is 0 Å².